The number of unbranched alkanes of at least 4 members (excludes halogenated alkanes) is 2. The Bertz CT molecular complexity index is 1670. The molecule has 0 bridgehead atoms. The Hall–Kier alpha value is -5.94. The van der Waals surface area contributed by atoms with E-state index >= 15 is 0 Å². The number of amides is 4. The fourth-order valence-electron chi connectivity index (χ4n) is 5.52. The number of rotatable bonds is 23. The number of benzene rings is 1. The number of ether oxygens (including phenoxy) is 1. The van der Waals surface area contributed by atoms with Crippen molar-refractivity contribution in [3.63, 3.8) is 0 Å². The van der Waals surface area contributed by atoms with Crippen LogP contribution in [-0.4, -0.2) is 93.8 Å². The largest absolute Gasteiger partial charge is 0.481 e. The van der Waals surface area contributed by atoms with Crippen molar-refractivity contribution in [2.45, 2.75) is 77.8 Å². The number of nitrogens with one attached hydrogen (secondary N) is 3. The number of carboxylic acids is 3. The summed E-state index contributed by atoms with van der Waals surface area (Å²) in [4.78, 5) is 103. The predicted octanol–water partition coefficient (Wildman–Crippen LogP) is 2.42. The van der Waals surface area contributed by atoms with Crippen LogP contribution in [0.1, 0.15) is 86.6 Å². The van der Waals surface area contributed by atoms with Crippen LogP contribution in [0.25, 0.3) is 11.3 Å². The number of hydroxylamine groups is 2. The first-order valence-corrected chi connectivity index (χ1v) is 17.1. The van der Waals surface area contributed by atoms with Gasteiger partial charge in [0.05, 0.1) is 36.5 Å². The summed E-state index contributed by atoms with van der Waals surface area (Å²) in [5.41, 5.74) is -0.0659. The number of hydrogen-bond acceptors (Lipinski definition) is 11. The third-order valence-corrected chi connectivity index (χ3v) is 8.56. The summed E-state index contributed by atoms with van der Waals surface area (Å²) < 4.78 is 10.9. The van der Waals surface area contributed by atoms with Crippen LogP contribution in [0, 0.1) is 17.8 Å². The Morgan fingerprint density at radius 1 is 0.981 bits per heavy atom. The first-order valence-electron chi connectivity index (χ1n) is 17.1. The van der Waals surface area contributed by atoms with Crippen LogP contribution >= 0.6 is 0 Å². The van der Waals surface area contributed by atoms with Crippen molar-refractivity contribution in [2.24, 2.45) is 17.8 Å². The molecule has 3 rings (SSSR count). The molecule has 5 atom stereocenters. The van der Waals surface area contributed by atoms with Gasteiger partial charge in [0, 0.05) is 5.56 Å². The monoisotopic (exact) mass is 744 g/mol. The average Bonchev–Trinajstić information content (AvgIpc) is 3.64. The number of aliphatic carboxylic acids is 3. The minimum Gasteiger partial charge on any atom is -0.481 e. The van der Waals surface area contributed by atoms with E-state index in [-0.39, 0.29) is 46.9 Å². The molecule has 18 heteroatoms. The molecule has 1 aromatic heterocycles. The van der Waals surface area contributed by atoms with E-state index in [0.29, 0.717) is 32.1 Å². The second-order valence-corrected chi connectivity index (χ2v) is 12.5. The molecule has 5 unspecified atom stereocenters. The zero-order chi connectivity index (χ0) is 39.2. The van der Waals surface area contributed by atoms with Gasteiger partial charge in [-0.3, -0.25) is 24.0 Å². The van der Waals surface area contributed by atoms with Gasteiger partial charge in [-0.15, -0.1) is 0 Å². The Kier molecular flexibility index (Phi) is 15.3. The highest BCUT2D eigenvalue weighted by Crippen LogP contribution is 2.39. The Labute approximate surface area is 304 Å². The highest BCUT2D eigenvalue weighted by atomic mass is 16.7. The molecule has 1 fully saturated rings. The molecule has 18 nitrogen and oxygen atoms in total. The van der Waals surface area contributed by atoms with Gasteiger partial charge in [-0.25, -0.2) is 14.4 Å². The van der Waals surface area contributed by atoms with Gasteiger partial charge < -0.3 is 45.3 Å². The molecule has 0 aliphatic heterocycles. The summed E-state index contributed by atoms with van der Waals surface area (Å²) in [5.74, 6) is -8.47. The standard InChI is InChI=1S/C35H44N4O14/c1-4-6-7-8-21(25(5-2)39(18-40)53-35(50)23-13-19(23)3)31(45)36-17-37-33(47)27-12-11-26(52-27)20-9-10-22(28(14-20)51-16-30(43)44)32(46)38-24(34(48)49)15-29(41)42/h9-12,14,18-19,21,23-25H,4-8,13,15-17H2,1-3H3,(H,36,45)(H,37,47)(H,38,46)(H,41,42)(H,43,44)(H,48,49). The molecule has 1 aliphatic rings. The van der Waals surface area contributed by atoms with Gasteiger partial charge in [-0.1, -0.05) is 46.1 Å². The zero-order valence-electron chi connectivity index (χ0n) is 29.5. The minimum atomic E-state index is -1.78. The molecule has 1 saturated carbocycles. The van der Waals surface area contributed by atoms with Gasteiger partial charge in [0.1, 0.15) is 17.6 Å². The number of carbonyl (C=O) groups is 8. The lowest BCUT2D eigenvalue weighted by atomic mass is 9.90. The number of carbonyl (C=O) groups excluding carboxylic acids is 5. The molecule has 6 N–H and O–H groups in total. The van der Waals surface area contributed by atoms with Gasteiger partial charge >= 0.3 is 23.9 Å². The second-order valence-electron chi connectivity index (χ2n) is 12.5. The SMILES string of the molecule is CCCCCC(C(=O)NCNC(=O)c1ccc(-c2ccc(C(=O)NC(CC(=O)O)C(=O)O)c(OCC(=O)O)c2)o1)C(CC)N(C=O)OC(=O)C1CC1C. The van der Waals surface area contributed by atoms with Crippen LogP contribution in [0.2, 0.25) is 0 Å². The summed E-state index contributed by atoms with van der Waals surface area (Å²) in [6, 6.07) is 3.96. The summed E-state index contributed by atoms with van der Waals surface area (Å²) in [7, 11) is 0. The molecule has 1 aliphatic carbocycles. The maximum atomic E-state index is 13.4. The van der Waals surface area contributed by atoms with E-state index in [9.17, 15) is 43.5 Å². The summed E-state index contributed by atoms with van der Waals surface area (Å²) in [6.07, 6.45) is 3.26. The van der Waals surface area contributed by atoms with Gasteiger partial charge in [-0.05, 0) is 49.4 Å². The molecule has 0 radical (unpaired) electrons. The second kappa shape index (κ2) is 19.6. The lowest BCUT2D eigenvalue weighted by Gasteiger charge is -2.31. The van der Waals surface area contributed by atoms with Crippen molar-refractivity contribution >= 4 is 48.0 Å². The van der Waals surface area contributed by atoms with Crippen molar-refractivity contribution in [1.29, 1.82) is 0 Å². The van der Waals surface area contributed by atoms with Crippen molar-refractivity contribution in [3.05, 3.63) is 41.7 Å². The van der Waals surface area contributed by atoms with Gasteiger partial charge in [-0.2, -0.15) is 5.06 Å². The van der Waals surface area contributed by atoms with E-state index in [1.54, 1.807) is 6.92 Å². The number of carboxylic acid groups (broad SMARTS) is 3. The van der Waals surface area contributed by atoms with Crippen molar-refractivity contribution in [2.75, 3.05) is 13.3 Å². The van der Waals surface area contributed by atoms with Crippen LogP contribution in [0.15, 0.2) is 34.7 Å². The molecule has 1 heterocycles. The van der Waals surface area contributed by atoms with E-state index in [4.69, 9.17) is 24.2 Å². The number of nitrogens with zero attached hydrogens (tertiary/aromatic N) is 1. The summed E-state index contributed by atoms with van der Waals surface area (Å²) in [5, 5.41) is 35.5. The normalized spacial score (nSPS) is 16.2. The quantitative estimate of drug-likeness (QED) is 0.0413. The Balaban J connectivity index is 1.70. The van der Waals surface area contributed by atoms with Crippen molar-refractivity contribution in [3.8, 4) is 17.1 Å². The molecule has 4 amide bonds. The van der Waals surface area contributed by atoms with Gasteiger partial charge in [0.15, 0.2) is 12.4 Å². The van der Waals surface area contributed by atoms with Crippen molar-refractivity contribution < 1.29 is 67.7 Å². The fraction of sp³-hybridized carbons (Fsp3) is 0.486. The number of hydrogen-bond donors (Lipinski definition) is 6. The van der Waals surface area contributed by atoms with E-state index in [1.807, 2.05) is 13.8 Å². The van der Waals surface area contributed by atoms with E-state index in [0.717, 1.165) is 17.9 Å². The first kappa shape index (κ1) is 41.5. The van der Waals surface area contributed by atoms with E-state index < -0.39 is 72.6 Å². The first-order chi connectivity index (χ1) is 25.2. The minimum absolute atomic E-state index is 0.0893. The average molecular weight is 745 g/mol. The maximum Gasteiger partial charge on any atom is 0.341 e. The van der Waals surface area contributed by atoms with Gasteiger partial charge in [0.25, 0.3) is 11.8 Å². The highest BCUT2D eigenvalue weighted by molar-refractivity contribution is 6.00. The van der Waals surface area contributed by atoms with E-state index in [2.05, 4.69) is 16.0 Å². The third kappa shape index (κ3) is 12.1. The van der Waals surface area contributed by atoms with Crippen LogP contribution in [-0.2, 0) is 33.6 Å². The molecule has 0 saturated heterocycles. The Morgan fingerprint density at radius 3 is 2.28 bits per heavy atom. The molecular formula is C35H44N4O14. The molecular weight excluding hydrogens is 700 g/mol. The smallest absolute Gasteiger partial charge is 0.341 e. The maximum absolute atomic E-state index is 13.4. The van der Waals surface area contributed by atoms with E-state index in [1.165, 1.54) is 30.3 Å². The zero-order valence-corrected chi connectivity index (χ0v) is 29.5. The van der Waals surface area contributed by atoms with Crippen LogP contribution in [0.3, 0.4) is 0 Å². The lowest BCUT2D eigenvalue weighted by Crippen LogP contribution is -2.49. The molecule has 2 aromatic rings. The lowest BCUT2D eigenvalue weighted by molar-refractivity contribution is -0.205. The molecule has 288 valence electrons. The Morgan fingerprint density at radius 2 is 1.70 bits per heavy atom. The van der Waals surface area contributed by atoms with Crippen LogP contribution < -0.4 is 20.7 Å². The summed E-state index contributed by atoms with van der Waals surface area (Å²) in [6.45, 7) is 4.48. The topological polar surface area (TPSA) is 268 Å². The predicted molar refractivity (Wildman–Crippen MR) is 182 cm³/mol. The highest BCUT2D eigenvalue weighted by Gasteiger charge is 2.43. The summed E-state index contributed by atoms with van der Waals surface area (Å²) >= 11 is 0. The fourth-order valence-corrected chi connectivity index (χ4v) is 5.52. The third-order valence-electron chi connectivity index (χ3n) is 8.56. The van der Waals surface area contributed by atoms with Gasteiger partial charge in [0.2, 0.25) is 12.3 Å². The van der Waals surface area contributed by atoms with Crippen LogP contribution in [0.4, 0.5) is 0 Å². The van der Waals surface area contributed by atoms with Crippen molar-refractivity contribution in [1.82, 2.24) is 21.0 Å². The van der Waals surface area contributed by atoms with Crippen LogP contribution in [0.5, 0.6) is 5.75 Å². The molecule has 0 spiro atoms. The molecule has 1 aromatic carbocycles. The number of furan rings is 1. The molecule has 53 heavy (non-hydrogen) atoms.